The van der Waals surface area contributed by atoms with E-state index in [0.29, 0.717) is 12.4 Å². The lowest BCUT2D eigenvalue weighted by Gasteiger charge is -2.00. The van der Waals surface area contributed by atoms with E-state index in [1.165, 1.54) is 0 Å². The van der Waals surface area contributed by atoms with Crippen molar-refractivity contribution in [3.63, 3.8) is 0 Å². The molecule has 0 aliphatic rings. The maximum absolute atomic E-state index is 9.42. The highest BCUT2D eigenvalue weighted by Crippen LogP contribution is 2.22. The molecule has 2 heterocycles. The minimum Gasteiger partial charge on any atom is -0.392 e. The molecule has 0 aliphatic heterocycles. The molecule has 0 atom stereocenters. The fourth-order valence-corrected chi connectivity index (χ4v) is 2.40. The highest BCUT2D eigenvalue weighted by atomic mass is 16.5. The first kappa shape index (κ1) is 12.9. The van der Waals surface area contributed by atoms with Gasteiger partial charge in [-0.1, -0.05) is 30.3 Å². The molecule has 20 heavy (non-hydrogen) atoms. The van der Waals surface area contributed by atoms with Gasteiger partial charge in [-0.2, -0.15) is 4.98 Å². The molecule has 2 aromatic heterocycles. The number of nitrogens with zero attached hydrogens (tertiary/aromatic N) is 3. The quantitative estimate of drug-likeness (QED) is 0.774. The Hall–Kier alpha value is -2.14. The van der Waals surface area contributed by atoms with Crippen LogP contribution >= 0.6 is 0 Å². The Morgan fingerprint density at radius 1 is 1.30 bits per heavy atom. The highest BCUT2D eigenvalue weighted by Gasteiger charge is 2.11. The van der Waals surface area contributed by atoms with Crippen molar-refractivity contribution in [2.45, 2.75) is 32.9 Å². The largest absolute Gasteiger partial charge is 0.392 e. The number of para-hydroxylation sites is 1. The molecule has 5 heteroatoms. The van der Waals surface area contributed by atoms with Crippen LogP contribution in [-0.4, -0.2) is 19.8 Å². The lowest BCUT2D eigenvalue weighted by Crippen LogP contribution is -1.98. The van der Waals surface area contributed by atoms with Crippen LogP contribution < -0.4 is 0 Å². The maximum Gasteiger partial charge on any atom is 0.246 e. The Kier molecular flexibility index (Phi) is 3.52. The Balaban J connectivity index is 1.93. The monoisotopic (exact) mass is 271 g/mol. The van der Waals surface area contributed by atoms with E-state index in [-0.39, 0.29) is 6.61 Å². The van der Waals surface area contributed by atoms with E-state index in [0.717, 1.165) is 35.1 Å². The van der Waals surface area contributed by atoms with Crippen molar-refractivity contribution in [2.24, 2.45) is 0 Å². The predicted molar refractivity (Wildman–Crippen MR) is 75.3 cm³/mol. The Bertz CT molecular complexity index is 715. The second kappa shape index (κ2) is 5.46. The van der Waals surface area contributed by atoms with E-state index in [1.807, 2.05) is 35.0 Å². The smallest absolute Gasteiger partial charge is 0.246 e. The van der Waals surface area contributed by atoms with E-state index in [1.54, 1.807) is 0 Å². The average molecular weight is 271 g/mol. The zero-order valence-electron chi connectivity index (χ0n) is 11.4. The van der Waals surface area contributed by atoms with Gasteiger partial charge in [-0.05, 0) is 12.5 Å². The third-order valence-electron chi connectivity index (χ3n) is 3.33. The molecule has 5 nitrogen and oxygen atoms in total. The zero-order valence-corrected chi connectivity index (χ0v) is 11.4. The van der Waals surface area contributed by atoms with Crippen LogP contribution in [0.3, 0.4) is 0 Å². The number of aliphatic hydroxyl groups excluding tert-OH is 1. The molecule has 0 unspecified atom stereocenters. The highest BCUT2D eigenvalue weighted by molar-refractivity contribution is 5.83. The lowest BCUT2D eigenvalue weighted by molar-refractivity contribution is 0.283. The molecule has 0 saturated heterocycles. The van der Waals surface area contributed by atoms with Crippen LogP contribution in [0.2, 0.25) is 0 Å². The van der Waals surface area contributed by atoms with Crippen LogP contribution in [-0.2, 0) is 19.6 Å². The average Bonchev–Trinajstić information content (AvgIpc) is 3.05. The molecule has 3 rings (SSSR count). The van der Waals surface area contributed by atoms with Crippen LogP contribution in [0.4, 0.5) is 0 Å². The maximum atomic E-state index is 9.42. The van der Waals surface area contributed by atoms with Gasteiger partial charge in [0.2, 0.25) is 5.89 Å². The van der Waals surface area contributed by atoms with Gasteiger partial charge >= 0.3 is 0 Å². The van der Waals surface area contributed by atoms with E-state index in [9.17, 15) is 5.11 Å². The summed E-state index contributed by atoms with van der Waals surface area (Å²) >= 11 is 0. The van der Waals surface area contributed by atoms with Crippen LogP contribution in [0.5, 0.6) is 0 Å². The van der Waals surface area contributed by atoms with Crippen LogP contribution in [0.25, 0.3) is 10.9 Å². The Morgan fingerprint density at radius 2 is 2.15 bits per heavy atom. The minimum absolute atomic E-state index is 0.0262. The fraction of sp³-hybridized carbons (Fsp3) is 0.333. The number of aromatic nitrogens is 3. The second-order valence-electron chi connectivity index (χ2n) is 4.81. The summed E-state index contributed by atoms with van der Waals surface area (Å²) < 4.78 is 7.30. The SMILES string of the molecule is CCCc1noc(Cn2cc(CO)c3ccccc32)n1. The van der Waals surface area contributed by atoms with Gasteiger partial charge in [0.25, 0.3) is 0 Å². The summed E-state index contributed by atoms with van der Waals surface area (Å²) in [4.78, 5) is 4.38. The first-order valence-corrected chi connectivity index (χ1v) is 6.81. The predicted octanol–water partition coefficient (Wildman–Crippen LogP) is 2.52. The number of aliphatic hydroxyl groups is 1. The lowest BCUT2D eigenvalue weighted by atomic mass is 10.2. The number of hydrogen-bond donors (Lipinski definition) is 1. The molecule has 0 aliphatic carbocycles. The van der Waals surface area contributed by atoms with Gasteiger partial charge < -0.3 is 14.2 Å². The topological polar surface area (TPSA) is 64.1 Å². The van der Waals surface area contributed by atoms with Crippen LogP contribution in [0.15, 0.2) is 35.0 Å². The van der Waals surface area contributed by atoms with Gasteiger partial charge in [0.05, 0.1) is 6.61 Å². The summed E-state index contributed by atoms with van der Waals surface area (Å²) in [6, 6.07) is 7.99. The van der Waals surface area contributed by atoms with Crippen molar-refractivity contribution in [2.75, 3.05) is 0 Å². The Morgan fingerprint density at radius 3 is 2.95 bits per heavy atom. The van der Waals surface area contributed by atoms with Gasteiger partial charge in [0.15, 0.2) is 5.82 Å². The van der Waals surface area contributed by atoms with Gasteiger partial charge in [-0.25, -0.2) is 0 Å². The third-order valence-corrected chi connectivity index (χ3v) is 3.33. The van der Waals surface area contributed by atoms with Gasteiger partial charge in [0, 0.05) is 29.1 Å². The van der Waals surface area contributed by atoms with Crippen molar-refractivity contribution in [1.82, 2.24) is 14.7 Å². The van der Waals surface area contributed by atoms with Gasteiger partial charge in [-0.15, -0.1) is 0 Å². The van der Waals surface area contributed by atoms with E-state index in [2.05, 4.69) is 17.1 Å². The Labute approximate surface area is 116 Å². The summed E-state index contributed by atoms with van der Waals surface area (Å²) in [7, 11) is 0. The van der Waals surface area contributed by atoms with E-state index < -0.39 is 0 Å². The van der Waals surface area contributed by atoms with E-state index >= 15 is 0 Å². The number of hydrogen-bond acceptors (Lipinski definition) is 4. The minimum atomic E-state index is 0.0262. The molecule has 104 valence electrons. The molecule has 0 saturated carbocycles. The molecule has 0 amide bonds. The standard InChI is InChI=1S/C15H17N3O2/c1-2-5-14-16-15(20-17-14)9-18-8-11(10-19)12-6-3-4-7-13(12)18/h3-4,6-8,19H,2,5,9-10H2,1H3. The molecule has 0 radical (unpaired) electrons. The summed E-state index contributed by atoms with van der Waals surface area (Å²) in [6.07, 6.45) is 3.77. The van der Waals surface area contributed by atoms with Gasteiger partial charge in [-0.3, -0.25) is 0 Å². The summed E-state index contributed by atoms with van der Waals surface area (Å²) in [5, 5.41) is 14.4. The third kappa shape index (κ3) is 2.32. The fourth-order valence-electron chi connectivity index (χ4n) is 2.40. The summed E-state index contributed by atoms with van der Waals surface area (Å²) in [6.45, 7) is 2.64. The molecular weight excluding hydrogens is 254 g/mol. The second-order valence-corrected chi connectivity index (χ2v) is 4.81. The number of rotatable bonds is 5. The van der Waals surface area contributed by atoms with Crippen molar-refractivity contribution in [3.05, 3.63) is 47.7 Å². The molecule has 0 fully saturated rings. The molecule has 0 bridgehead atoms. The van der Waals surface area contributed by atoms with Crippen LogP contribution in [0, 0.1) is 0 Å². The van der Waals surface area contributed by atoms with Crippen molar-refractivity contribution < 1.29 is 9.63 Å². The van der Waals surface area contributed by atoms with Crippen molar-refractivity contribution in [3.8, 4) is 0 Å². The molecule has 3 aromatic rings. The first-order chi connectivity index (χ1) is 9.81. The summed E-state index contributed by atoms with van der Waals surface area (Å²) in [5.74, 6) is 1.35. The molecule has 1 aromatic carbocycles. The van der Waals surface area contributed by atoms with Crippen molar-refractivity contribution >= 4 is 10.9 Å². The van der Waals surface area contributed by atoms with Gasteiger partial charge in [0.1, 0.15) is 6.54 Å². The zero-order chi connectivity index (χ0) is 13.9. The normalized spacial score (nSPS) is 11.3. The van der Waals surface area contributed by atoms with Crippen molar-refractivity contribution in [1.29, 1.82) is 0 Å². The summed E-state index contributed by atoms with van der Waals surface area (Å²) in [5.41, 5.74) is 1.97. The van der Waals surface area contributed by atoms with Crippen LogP contribution in [0.1, 0.15) is 30.6 Å². The number of aryl methyl sites for hydroxylation is 1. The molecule has 0 spiro atoms. The first-order valence-electron chi connectivity index (χ1n) is 6.81. The molecular formula is C15H17N3O2. The number of benzene rings is 1. The van der Waals surface area contributed by atoms with E-state index in [4.69, 9.17) is 4.52 Å². The molecule has 1 N–H and O–H groups in total. The number of fused-ring (bicyclic) bond motifs is 1.